The van der Waals surface area contributed by atoms with Crippen molar-refractivity contribution in [1.82, 2.24) is 4.72 Å². The zero-order valence-electron chi connectivity index (χ0n) is 45.0. The topological polar surface area (TPSA) is 139 Å². The molecule has 2 unspecified atom stereocenters. The van der Waals surface area contributed by atoms with Gasteiger partial charge in [0.2, 0.25) is 15.9 Å². The Morgan fingerprint density at radius 2 is 1.20 bits per heavy atom. The number of nitrogens with one attached hydrogen (secondary N) is 1. The highest BCUT2D eigenvalue weighted by atomic mass is 32.2. The Hall–Kier alpha value is -7.32. The molecule has 0 aromatic heterocycles. The maximum absolute atomic E-state index is 14.4. The second-order valence-electron chi connectivity index (χ2n) is 20.2. The first kappa shape index (κ1) is 57.4. The molecule has 8 atom stereocenters. The van der Waals surface area contributed by atoms with Crippen LogP contribution in [0.25, 0.3) is 0 Å². The third kappa shape index (κ3) is 16.2. The number of rotatable bonds is 25. The van der Waals surface area contributed by atoms with Crippen LogP contribution in [0.3, 0.4) is 0 Å². The van der Waals surface area contributed by atoms with E-state index < -0.39 is 64.4 Å². The number of ether oxygens (including phenoxy) is 6. The summed E-state index contributed by atoms with van der Waals surface area (Å²) in [6.07, 6.45) is -0.996. The van der Waals surface area contributed by atoms with Crippen molar-refractivity contribution in [2.45, 2.75) is 102 Å². The summed E-state index contributed by atoms with van der Waals surface area (Å²) in [5.74, 6) is 5.42. The van der Waals surface area contributed by atoms with Crippen LogP contribution in [0.5, 0.6) is 0 Å². The fourth-order valence-corrected chi connectivity index (χ4v) is 10.7. The summed E-state index contributed by atoms with van der Waals surface area (Å²) in [5, 5.41) is 0. The van der Waals surface area contributed by atoms with Gasteiger partial charge >= 0.3 is 5.97 Å². The highest BCUT2D eigenvalue weighted by Crippen LogP contribution is 2.47. The summed E-state index contributed by atoms with van der Waals surface area (Å²) in [7, 11) is -3.30. The zero-order valence-corrected chi connectivity index (χ0v) is 45.8. The lowest BCUT2D eigenvalue weighted by molar-refractivity contribution is -0.261. The molecule has 1 N–H and O–H groups in total. The maximum atomic E-state index is 14.4. The molecule has 0 spiro atoms. The number of hydrogen-bond donors (Lipinski definition) is 1. The number of carbonyl (C=O) groups is 2. The molecule has 7 aromatic carbocycles. The van der Waals surface area contributed by atoms with E-state index >= 15 is 0 Å². The third-order valence-corrected chi connectivity index (χ3v) is 14.9. The molecule has 0 saturated carbocycles. The van der Waals surface area contributed by atoms with Crippen LogP contribution in [0.1, 0.15) is 82.8 Å². The molecule has 80 heavy (non-hydrogen) atoms. The van der Waals surface area contributed by atoms with Gasteiger partial charge in [-0.05, 0) is 101 Å². The van der Waals surface area contributed by atoms with Gasteiger partial charge in [-0.25, -0.2) is 17.5 Å². The Kier molecular flexibility index (Phi) is 20.2. The van der Waals surface area contributed by atoms with Gasteiger partial charge in [-0.1, -0.05) is 170 Å². The first-order valence-corrected chi connectivity index (χ1v) is 29.0. The SMILES string of the molecule is CC(=O)O[C@H](CCC1C(=O)N(c2ccc(CCCNS(C)(=O)=O)cc2)[C@@H]1c1ccc(C#CC2O[C@H](COCc3ccccc3)[C@@H](OCc3ccccc3)[C@H](OCc3ccccc3)[C@H]2OCc2ccccc2)cc1)c1ccc(F)cc1. The molecule has 7 aromatic rings. The van der Waals surface area contributed by atoms with E-state index in [1.165, 1.54) is 19.1 Å². The summed E-state index contributed by atoms with van der Waals surface area (Å²) in [5.41, 5.74) is 7.91. The van der Waals surface area contributed by atoms with Crippen LogP contribution < -0.4 is 9.62 Å². The van der Waals surface area contributed by atoms with Crippen molar-refractivity contribution in [2.75, 3.05) is 24.3 Å². The van der Waals surface area contributed by atoms with Crippen LogP contribution in [-0.4, -0.2) is 70.2 Å². The van der Waals surface area contributed by atoms with Gasteiger partial charge in [0.25, 0.3) is 0 Å². The van der Waals surface area contributed by atoms with Gasteiger partial charge in [0, 0.05) is 24.7 Å². The molecule has 0 bridgehead atoms. The summed E-state index contributed by atoms with van der Waals surface area (Å²) in [4.78, 5) is 28.5. The fourth-order valence-electron chi connectivity index (χ4n) is 10.2. The average molecular weight is 1100 g/mol. The smallest absolute Gasteiger partial charge is 0.303 e. The Balaban J connectivity index is 1.01. The van der Waals surface area contributed by atoms with Gasteiger partial charge in [-0.2, -0.15) is 0 Å². The molecule has 2 heterocycles. The van der Waals surface area contributed by atoms with Gasteiger partial charge in [0.05, 0.1) is 51.2 Å². The number of benzene rings is 7. The zero-order chi connectivity index (χ0) is 55.7. The van der Waals surface area contributed by atoms with E-state index in [1.54, 1.807) is 17.0 Å². The molecular weight excluding hydrogens is 1030 g/mol. The van der Waals surface area contributed by atoms with E-state index in [0.717, 1.165) is 39.6 Å². The highest BCUT2D eigenvalue weighted by molar-refractivity contribution is 7.88. The number of halogens is 1. The minimum atomic E-state index is -3.30. The van der Waals surface area contributed by atoms with Gasteiger partial charge in [-0.15, -0.1) is 0 Å². The van der Waals surface area contributed by atoms with E-state index in [1.807, 2.05) is 170 Å². The molecule has 2 saturated heterocycles. The average Bonchev–Trinajstić information content (AvgIpc) is 3.55. The predicted octanol–water partition coefficient (Wildman–Crippen LogP) is 11.2. The number of nitrogens with zero attached hydrogens (tertiary/aromatic N) is 1. The van der Waals surface area contributed by atoms with Crippen molar-refractivity contribution in [3.63, 3.8) is 0 Å². The Morgan fingerprint density at radius 1 is 0.662 bits per heavy atom. The van der Waals surface area contributed by atoms with Gasteiger partial charge in [0.1, 0.15) is 42.4 Å². The lowest BCUT2D eigenvalue weighted by Gasteiger charge is -2.48. The Morgan fingerprint density at radius 3 is 1.75 bits per heavy atom. The molecule has 1 amide bonds. The Labute approximate surface area is 469 Å². The number of amides is 1. The number of sulfonamides is 1. The molecule has 2 fully saturated rings. The largest absolute Gasteiger partial charge is 0.458 e. The van der Waals surface area contributed by atoms with Crippen LogP contribution in [0.2, 0.25) is 0 Å². The minimum absolute atomic E-state index is 0.0852. The van der Waals surface area contributed by atoms with E-state index in [2.05, 4.69) is 16.6 Å². The molecule has 2 aliphatic heterocycles. The quantitative estimate of drug-likeness (QED) is 0.0255. The molecule has 2 aliphatic rings. The first-order chi connectivity index (χ1) is 38.9. The van der Waals surface area contributed by atoms with Crippen LogP contribution in [0.4, 0.5) is 10.1 Å². The second kappa shape index (κ2) is 28.2. The number of esters is 1. The summed E-state index contributed by atoms with van der Waals surface area (Å²) in [6, 6.07) is 61.0. The number of hydrogen-bond acceptors (Lipinski definition) is 10. The van der Waals surface area contributed by atoms with Gasteiger partial charge in [0.15, 0.2) is 0 Å². The molecule has 9 rings (SSSR count). The lowest BCUT2D eigenvalue weighted by atomic mass is 9.78. The second-order valence-corrected chi connectivity index (χ2v) is 22.0. The normalized spacial score (nSPS) is 20.3. The number of anilines is 1. The molecule has 0 radical (unpaired) electrons. The van der Waals surface area contributed by atoms with E-state index in [4.69, 9.17) is 28.4 Å². The monoisotopic (exact) mass is 1100 g/mol. The molecule has 12 nitrogen and oxygen atoms in total. The molecule has 414 valence electrons. The summed E-state index contributed by atoms with van der Waals surface area (Å²) in [6.45, 7) is 3.05. The number of aryl methyl sites for hydroxylation is 1. The molecule has 0 aliphatic carbocycles. The summed E-state index contributed by atoms with van der Waals surface area (Å²) >= 11 is 0. The lowest BCUT2D eigenvalue weighted by Crippen LogP contribution is -2.60. The van der Waals surface area contributed by atoms with Crippen molar-refractivity contribution in [2.24, 2.45) is 5.92 Å². The van der Waals surface area contributed by atoms with Crippen LogP contribution in [0.15, 0.2) is 194 Å². The van der Waals surface area contributed by atoms with E-state index in [-0.39, 0.29) is 31.8 Å². The number of carbonyl (C=O) groups excluding carboxylic acids is 2. The van der Waals surface area contributed by atoms with E-state index in [9.17, 15) is 22.4 Å². The van der Waals surface area contributed by atoms with Crippen LogP contribution >= 0.6 is 0 Å². The predicted molar refractivity (Wildman–Crippen MR) is 305 cm³/mol. The first-order valence-electron chi connectivity index (χ1n) is 27.1. The molecular formula is C66H67FN2O10S. The van der Waals surface area contributed by atoms with Gasteiger partial charge in [-0.3, -0.25) is 9.59 Å². The van der Waals surface area contributed by atoms with Crippen molar-refractivity contribution in [3.05, 3.63) is 244 Å². The fraction of sp³-hybridized carbons (Fsp3) is 0.303. The van der Waals surface area contributed by atoms with Crippen LogP contribution in [-0.2, 0) is 80.9 Å². The van der Waals surface area contributed by atoms with Crippen molar-refractivity contribution < 1.29 is 50.8 Å². The number of β-lactam (4-membered cyclic amide) rings is 1. The third-order valence-electron chi connectivity index (χ3n) is 14.2. The van der Waals surface area contributed by atoms with Crippen molar-refractivity contribution in [3.8, 4) is 11.8 Å². The minimum Gasteiger partial charge on any atom is -0.458 e. The standard InChI is InChI=1S/C66H67FN2O10S/c1-47(70)78-59(54-32-34-56(67)35-33-54)40-38-58-62(69(66(58)71)57-36-27-48(28-37-57)24-15-41-68-80(2,72)73)55-30-25-49(26-31-55)29-39-60-63(75-43-51-18-9-4-10-19-51)65(77-45-53-22-13-6-14-23-53)64(76-44-52-20-11-5-12-21-52)61(79-60)46-74-42-50-16-7-3-8-17-50/h3-14,16-23,25-28,30-37,58-65,68H,15,24,38,40-46H2,1-2H3/t58?,59-,60?,61-,62-,63+,64-,65-/m1/s1. The van der Waals surface area contributed by atoms with Crippen LogP contribution in [0, 0.1) is 23.6 Å². The van der Waals surface area contributed by atoms with E-state index in [0.29, 0.717) is 62.3 Å². The summed E-state index contributed by atoms with van der Waals surface area (Å²) < 4.78 is 79.6. The Bertz CT molecular complexity index is 3240. The van der Waals surface area contributed by atoms with Crippen molar-refractivity contribution >= 4 is 27.6 Å². The van der Waals surface area contributed by atoms with Gasteiger partial charge < -0.3 is 33.3 Å². The highest BCUT2D eigenvalue weighted by Gasteiger charge is 2.50. The molecule has 14 heteroatoms. The maximum Gasteiger partial charge on any atom is 0.303 e. The van der Waals surface area contributed by atoms with Crippen molar-refractivity contribution in [1.29, 1.82) is 0 Å².